The number of nitrogens with zero attached hydrogens (tertiary/aromatic N) is 2. The third-order valence-electron chi connectivity index (χ3n) is 4.95. The minimum Gasteiger partial charge on any atom is -0.494 e. The lowest BCUT2D eigenvalue weighted by Gasteiger charge is -2.20. The first kappa shape index (κ1) is 20.6. The quantitative estimate of drug-likeness (QED) is 0.748. The number of nitriles is 1. The number of ether oxygens (including phenoxy) is 2. The number of Topliss-reactive ketones (excluding diaryl/α,β-unsaturated/α-hetero) is 1. The van der Waals surface area contributed by atoms with Gasteiger partial charge in [-0.25, -0.2) is 4.39 Å². The van der Waals surface area contributed by atoms with E-state index in [-0.39, 0.29) is 35.1 Å². The summed E-state index contributed by atoms with van der Waals surface area (Å²) in [7, 11) is 0. The normalized spacial score (nSPS) is 17.0. The molecule has 152 valence electrons. The Morgan fingerprint density at radius 1 is 1.45 bits per heavy atom. The van der Waals surface area contributed by atoms with Crippen LogP contribution in [-0.4, -0.2) is 34.3 Å². The van der Waals surface area contributed by atoms with Crippen LogP contribution in [0.3, 0.4) is 0 Å². The van der Waals surface area contributed by atoms with Gasteiger partial charge in [-0.1, -0.05) is 0 Å². The molecule has 1 aromatic heterocycles. The number of hydrogen-bond acceptors (Lipinski definition) is 6. The molecule has 0 amide bonds. The highest BCUT2D eigenvalue weighted by Crippen LogP contribution is 2.26. The van der Waals surface area contributed by atoms with E-state index in [0.29, 0.717) is 6.61 Å². The highest BCUT2D eigenvalue weighted by molar-refractivity contribution is 6.03. The number of halogens is 1. The van der Waals surface area contributed by atoms with E-state index < -0.39 is 29.1 Å². The van der Waals surface area contributed by atoms with Gasteiger partial charge in [0.05, 0.1) is 18.2 Å². The van der Waals surface area contributed by atoms with Crippen molar-refractivity contribution >= 4 is 5.78 Å². The number of aromatic hydroxyl groups is 1. The predicted octanol–water partition coefficient (Wildman–Crippen LogP) is 2.70. The van der Waals surface area contributed by atoms with E-state index in [9.17, 15) is 24.3 Å². The summed E-state index contributed by atoms with van der Waals surface area (Å²) in [4.78, 5) is 25.7. The van der Waals surface area contributed by atoms with Gasteiger partial charge in [0.1, 0.15) is 23.2 Å². The molecule has 7 nitrogen and oxygen atoms in total. The number of rotatable bonds is 6. The van der Waals surface area contributed by atoms with Gasteiger partial charge in [-0.2, -0.15) is 5.26 Å². The molecule has 0 spiro atoms. The highest BCUT2D eigenvalue weighted by atomic mass is 19.1. The standard InChI is InChI=1S/C21H21FN2O5/c1-12-17(10-23)20(26)24(11-16-4-3-9-28-16)21(27)18(12)19(25)13(2)29-15-7-5-14(22)6-8-15/h5-8,13,16,27H,3-4,9,11H2,1-2H3. The number of benzene rings is 1. The summed E-state index contributed by atoms with van der Waals surface area (Å²) in [5.74, 6) is -1.27. The van der Waals surface area contributed by atoms with Gasteiger partial charge < -0.3 is 14.6 Å². The number of aromatic nitrogens is 1. The topological polar surface area (TPSA) is 102 Å². The van der Waals surface area contributed by atoms with Crippen molar-refractivity contribution in [2.24, 2.45) is 0 Å². The number of carbonyl (C=O) groups excluding carboxylic acids is 1. The fourth-order valence-corrected chi connectivity index (χ4v) is 3.38. The number of pyridine rings is 1. The van der Waals surface area contributed by atoms with Gasteiger partial charge >= 0.3 is 0 Å². The van der Waals surface area contributed by atoms with Crippen molar-refractivity contribution in [1.29, 1.82) is 5.26 Å². The predicted molar refractivity (Wildman–Crippen MR) is 102 cm³/mol. The van der Waals surface area contributed by atoms with Crippen molar-refractivity contribution in [3.05, 3.63) is 57.1 Å². The van der Waals surface area contributed by atoms with E-state index in [4.69, 9.17) is 9.47 Å². The summed E-state index contributed by atoms with van der Waals surface area (Å²) in [5, 5.41) is 20.2. The molecule has 2 heterocycles. The molecule has 2 aromatic rings. The molecule has 1 saturated heterocycles. The van der Waals surface area contributed by atoms with E-state index in [1.54, 1.807) is 0 Å². The molecule has 0 radical (unpaired) electrons. The minimum atomic E-state index is -1.04. The maximum absolute atomic E-state index is 13.1. The van der Waals surface area contributed by atoms with Crippen LogP contribution in [0.15, 0.2) is 29.1 Å². The molecule has 2 atom stereocenters. The SMILES string of the molecule is Cc1c(C(=O)C(C)Oc2ccc(F)cc2)c(O)n(CC2CCCO2)c(=O)c1C#N. The van der Waals surface area contributed by atoms with Crippen LogP contribution in [0.4, 0.5) is 4.39 Å². The van der Waals surface area contributed by atoms with Gasteiger partial charge in [0.15, 0.2) is 6.10 Å². The lowest BCUT2D eigenvalue weighted by Crippen LogP contribution is -2.33. The molecule has 1 aliphatic heterocycles. The van der Waals surface area contributed by atoms with Crippen molar-refractivity contribution in [1.82, 2.24) is 4.57 Å². The molecule has 3 rings (SSSR count). The first-order valence-corrected chi connectivity index (χ1v) is 9.28. The first-order chi connectivity index (χ1) is 13.8. The average Bonchev–Trinajstić information content (AvgIpc) is 3.20. The van der Waals surface area contributed by atoms with Crippen LogP contribution in [0.5, 0.6) is 11.6 Å². The summed E-state index contributed by atoms with van der Waals surface area (Å²) in [6.07, 6.45) is 0.245. The molecule has 2 unspecified atom stereocenters. The Hall–Kier alpha value is -3.18. The summed E-state index contributed by atoms with van der Waals surface area (Å²) < 4.78 is 25.1. The van der Waals surface area contributed by atoms with Gasteiger partial charge in [-0.05, 0) is 56.5 Å². The molecule has 1 N–H and O–H groups in total. The number of hydrogen-bond donors (Lipinski definition) is 1. The smallest absolute Gasteiger partial charge is 0.271 e. The second kappa shape index (κ2) is 8.45. The van der Waals surface area contributed by atoms with Crippen molar-refractivity contribution in [3.63, 3.8) is 0 Å². The Morgan fingerprint density at radius 3 is 2.72 bits per heavy atom. The Kier molecular flexibility index (Phi) is 5.99. The maximum atomic E-state index is 13.1. The van der Waals surface area contributed by atoms with Gasteiger partial charge in [-0.15, -0.1) is 0 Å². The van der Waals surface area contributed by atoms with Crippen LogP contribution in [0, 0.1) is 24.1 Å². The Balaban J connectivity index is 1.98. The third-order valence-corrected chi connectivity index (χ3v) is 4.95. The fraction of sp³-hybridized carbons (Fsp3) is 0.381. The van der Waals surface area contributed by atoms with Crippen molar-refractivity contribution in [2.45, 2.75) is 45.4 Å². The van der Waals surface area contributed by atoms with Crippen LogP contribution in [0.2, 0.25) is 0 Å². The minimum absolute atomic E-state index is 0.0487. The summed E-state index contributed by atoms with van der Waals surface area (Å²) in [5.41, 5.74) is -0.924. The van der Waals surface area contributed by atoms with Gasteiger partial charge in [0.2, 0.25) is 11.7 Å². The van der Waals surface area contributed by atoms with E-state index in [2.05, 4.69) is 0 Å². The van der Waals surface area contributed by atoms with Crippen LogP contribution in [-0.2, 0) is 11.3 Å². The zero-order valence-corrected chi connectivity index (χ0v) is 16.1. The van der Waals surface area contributed by atoms with Gasteiger partial charge in [-0.3, -0.25) is 14.2 Å². The lowest BCUT2D eigenvalue weighted by atomic mass is 9.99. The summed E-state index contributed by atoms with van der Waals surface area (Å²) >= 11 is 0. The van der Waals surface area contributed by atoms with E-state index in [1.165, 1.54) is 38.1 Å². The zero-order valence-electron chi connectivity index (χ0n) is 16.1. The molecular formula is C21H21FN2O5. The Labute approximate surface area is 166 Å². The van der Waals surface area contributed by atoms with Gasteiger partial charge in [0.25, 0.3) is 5.56 Å². The van der Waals surface area contributed by atoms with Crippen LogP contribution >= 0.6 is 0 Å². The molecule has 29 heavy (non-hydrogen) atoms. The molecule has 1 aliphatic rings. The molecule has 0 saturated carbocycles. The van der Waals surface area contributed by atoms with Crippen molar-refractivity contribution in [3.8, 4) is 17.7 Å². The Bertz CT molecular complexity index is 1020. The number of carbonyl (C=O) groups is 1. The van der Waals surface area contributed by atoms with Gasteiger partial charge in [0, 0.05) is 6.61 Å². The Morgan fingerprint density at radius 2 is 2.14 bits per heavy atom. The summed E-state index contributed by atoms with van der Waals surface area (Å²) in [6, 6.07) is 6.98. The second-order valence-corrected chi connectivity index (χ2v) is 6.94. The van der Waals surface area contributed by atoms with Crippen molar-refractivity contribution in [2.75, 3.05) is 6.61 Å². The monoisotopic (exact) mass is 400 g/mol. The maximum Gasteiger partial charge on any atom is 0.271 e. The van der Waals surface area contributed by atoms with E-state index in [0.717, 1.165) is 17.4 Å². The lowest BCUT2D eigenvalue weighted by molar-refractivity contribution is 0.0805. The van der Waals surface area contributed by atoms with E-state index in [1.807, 2.05) is 6.07 Å². The molecule has 8 heteroatoms. The van der Waals surface area contributed by atoms with Crippen LogP contribution < -0.4 is 10.3 Å². The zero-order chi connectivity index (χ0) is 21.1. The fourth-order valence-electron chi connectivity index (χ4n) is 3.38. The molecule has 0 bridgehead atoms. The first-order valence-electron chi connectivity index (χ1n) is 9.28. The number of ketones is 1. The third kappa shape index (κ3) is 4.15. The van der Waals surface area contributed by atoms with Crippen LogP contribution in [0.25, 0.3) is 0 Å². The largest absolute Gasteiger partial charge is 0.494 e. The molecule has 0 aliphatic carbocycles. The molecule has 1 aromatic carbocycles. The average molecular weight is 400 g/mol. The van der Waals surface area contributed by atoms with E-state index >= 15 is 0 Å². The highest BCUT2D eigenvalue weighted by Gasteiger charge is 2.29. The van der Waals surface area contributed by atoms with Crippen molar-refractivity contribution < 1.29 is 23.8 Å². The van der Waals surface area contributed by atoms with Crippen LogP contribution in [0.1, 0.15) is 41.3 Å². The molecular weight excluding hydrogens is 379 g/mol. The second-order valence-electron chi connectivity index (χ2n) is 6.94. The molecule has 1 fully saturated rings. The summed E-state index contributed by atoms with van der Waals surface area (Å²) in [6.45, 7) is 3.53.